The number of nitrogens with one attached hydrogen (secondary N) is 1. The highest BCUT2D eigenvalue weighted by molar-refractivity contribution is 9.10. The Kier molecular flexibility index (Phi) is 4.72. The summed E-state index contributed by atoms with van der Waals surface area (Å²) >= 11 is 3.43. The topological polar surface area (TPSA) is 64.0 Å². The molecule has 1 aromatic carbocycles. The van der Waals surface area contributed by atoms with E-state index >= 15 is 0 Å². The molecule has 0 spiro atoms. The Morgan fingerprint density at radius 2 is 2.00 bits per heavy atom. The first-order valence-corrected chi connectivity index (χ1v) is 8.78. The lowest BCUT2D eigenvalue weighted by Gasteiger charge is -2.12. The summed E-state index contributed by atoms with van der Waals surface area (Å²) in [7, 11) is 0. The Morgan fingerprint density at radius 3 is 2.68 bits per heavy atom. The van der Waals surface area contributed by atoms with Gasteiger partial charge in [0.25, 0.3) is 5.91 Å². The predicted molar refractivity (Wildman–Crippen MR) is 103 cm³/mol. The zero-order valence-electron chi connectivity index (χ0n) is 14.3. The highest BCUT2D eigenvalue weighted by Gasteiger charge is 2.17. The molecule has 25 heavy (non-hydrogen) atoms. The highest BCUT2D eigenvalue weighted by Crippen LogP contribution is 2.24. The van der Waals surface area contributed by atoms with E-state index in [1.165, 1.54) is 0 Å². The fourth-order valence-corrected chi connectivity index (χ4v) is 3.27. The molecule has 0 atom stereocenters. The molecule has 2 heterocycles. The standard InChI is InChI=1S/C19H18BrN3O2/c1-4-23-10-14(17(24)13-7-6-12(3)21-18(13)23)19(25)22-16-8-5-11(2)9-15(16)20/h5-10H,4H2,1-3H3,(H,22,25). The number of benzene rings is 1. The number of pyridine rings is 2. The molecule has 1 amide bonds. The van der Waals surface area contributed by atoms with Crippen LogP contribution in [-0.2, 0) is 6.54 Å². The number of anilines is 1. The van der Waals surface area contributed by atoms with Crippen LogP contribution in [-0.4, -0.2) is 15.5 Å². The Morgan fingerprint density at radius 1 is 1.24 bits per heavy atom. The van der Waals surface area contributed by atoms with Gasteiger partial charge >= 0.3 is 0 Å². The molecule has 3 rings (SSSR count). The SMILES string of the molecule is CCn1cc(C(=O)Nc2ccc(C)cc2Br)c(=O)c2ccc(C)nc21. The summed E-state index contributed by atoms with van der Waals surface area (Å²) in [5, 5.41) is 3.25. The van der Waals surface area contributed by atoms with Gasteiger partial charge in [0, 0.05) is 22.9 Å². The molecule has 6 heteroatoms. The molecule has 0 unspecified atom stereocenters. The molecule has 128 valence electrons. The van der Waals surface area contributed by atoms with Crippen LogP contribution in [0.1, 0.15) is 28.5 Å². The lowest BCUT2D eigenvalue weighted by molar-refractivity contribution is 0.102. The van der Waals surface area contributed by atoms with E-state index < -0.39 is 5.91 Å². The molecule has 1 N–H and O–H groups in total. The van der Waals surface area contributed by atoms with Crippen molar-refractivity contribution in [2.45, 2.75) is 27.3 Å². The molecule has 0 saturated carbocycles. The van der Waals surface area contributed by atoms with Crippen LogP contribution in [0.2, 0.25) is 0 Å². The molecule has 0 aliphatic carbocycles. The quantitative estimate of drug-likeness (QED) is 0.722. The third kappa shape index (κ3) is 3.35. The molecule has 0 fully saturated rings. The van der Waals surface area contributed by atoms with Crippen molar-refractivity contribution in [1.82, 2.24) is 9.55 Å². The van der Waals surface area contributed by atoms with Crippen LogP contribution in [0.4, 0.5) is 5.69 Å². The fourth-order valence-electron chi connectivity index (χ4n) is 2.67. The van der Waals surface area contributed by atoms with E-state index in [2.05, 4.69) is 26.2 Å². The number of carbonyl (C=O) groups is 1. The predicted octanol–water partition coefficient (Wildman–Crippen LogP) is 4.05. The number of fused-ring (bicyclic) bond motifs is 1. The number of nitrogens with zero attached hydrogens (tertiary/aromatic N) is 2. The van der Waals surface area contributed by atoms with Crippen LogP contribution in [0.5, 0.6) is 0 Å². The minimum absolute atomic E-state index is 0.104. The van der Waals surface area contributed by atoms with Gasteiger partial charge in [-0.25, -0.2) is 4.98 Å². The lowest BCUT2D eigenvalue weighted by Crippen LogP contribution is -2.24. The minimum Gasteiger partial charge on any atom is -0.332 e. The number of aromatic nitrogens is 2. The second kappa shape index (κ2) is 6.80. The van der Waals surface area contributed by atoms with Crippen molar-refractivity contribution in [2.24, 2.45) is 0 Å². The van der Waals surface area contributed by atoms with Crippen LogP contribution in [0.25, 0.3) is 11.0 Å². The highest BCUT2D eigenvalue weighted by atomic mass is 79.9. The molecule has 0 radical (unpaired) electrons. The van der Waals surface area contributed by atoms with E-state index in [0.29, 0.717) is 23.3 Å². The van der Waals surface area contributed by atoms with Gasteiger partial charge in [-0.05, 0) is 66.5 Å². The van der Waals surface area contributed by atoms with Crippen LogP contribution in [0, 0.1) is 13.8 Å². The number of amides is 1. The van der Waals surface area contributed by atoms with Crippen LogP contribution in [0.3, 0.4) is 0 Å². The van der Waals surface area contributed by atoms with E-state index in [-0.39, 0.29) is 11.0 Å². The first kappa shape index (κ1) is 17.4. The van der Waals surface area contributed by atoms with Crippen molar-refractivity contribution in [3.05, 3.63) is 68.0 Å². The number of carbonyl (C=O) groups excluding carboxylic acids is 1. The molecule has 0 saturated heterocycles. The third-order valence-electron chi connectivity index (χ3n) is 4.02. The summed E-state index contributed by atoms with van der Waals surface area (Å²) in [6, 6.07) is 9.12. The molecular formula is C19H18BrN3O2. The maximum absolute atomic E-state index is 12.8. The summed E-state index contributed by atoms with van der Waals surface area (Å²) in [6.07, 6.45) is 1.58. The van der Waals surface area contributed by atoms with Crippen molar-refractivity contribution in [2.75, 3.05) is 5.32 Å². The average molecular weight is 400 g/mol. The van der Waals surface area contributed by atoms with Crippen molar-refractivity contribution in [3.8, 4) is 0 Å². The second-order valence-corrected chi connectivity index (χ2v) is 6.77. The van der Waals surface area contributed by atoms with Gasteiger partial charge in [-0.15, -0.1) is 0 Å². The Balaban J connectivity index is 2.08. The Hall–Kier alpha value is -2.47. The van der Waals surface area contributed by atoms with E-state index in [1.54, 1.807) is 18.3 Å². The largest absolute Gasteiger partial charge is 0.332 e. The molecule has 2 aromatic heterocycles. The van der Waals surface area contributed by atoms with Crippen LogP contribution in [0.15, 0.2) is 45.8 Å². The van der Waals surface area contributed by atoms with Crippen molar-refractivity contribution >= 4 is 38.6 Å². The summed E-state index contributed by atoms with van der Waals surface area (Å²) in [5.41, 5.74) is 2.92. The van der Waals surface area contributed by atoms with Gasteiger partial charge in [-0.2, -0.15) is 0 Å². The number of rotatable bonds is 3. The van der Waals surface area contributed by atoms with E-state index in [1.807, 2.05) is 43.5 Å². The van der Waals surface area contributed by atoms with E-state index in [4.69, 9.17) is 0 Å². The maximum atomic E-state index is 12.8. The first-order valence-electron chi connectivity index (χ1n) is 7.99. The van der Waals surface area contributed by atoms with Gasteiger partial charge < -0.3 is 9.88 Å². The monoisotopic (exact) mass is 399 g/mol. The number of hydrogen-bond acceptors (Lipinski definition) is 3. The number of halogens is 1. The Labute approximate surface area is 153 Å². The second-order valence-electron chi connectivity index (χ2n) is 5.92. The van der Waals surface area contributed by atoms with Crippen LogP contribution < -0.4 is 10.7 Å². The molecule has 0 bridgehead atoms. The molecular weight excluding hydrogens is 382 g/mol. The molecule has 3 aromatic rings. The Bertz CT molecular complexity index is 1040. The average Bonchev–Trinajstić information content (AvgIpc) is 2.57. The number of hydrogen-bond donors (Lipinski definition) is 1. The minimum atomic E-state index is -0.431. The lowest BCUT2D eigenvalue weighted by atomic mass is 10.1. The molecule has 5 nitrogen and oxygen atoms in total. The van der Waals surface area contributed by atoms with Crippen LogP contribution >= 0.6 is 15.9 Å². The summed E-state index contributed by atoms with van der Waals surface area (Å²) < 4.78 is 2.60. The molecule has 0 aliphatic rings. The zero-order chi connectivity index (χ0) is 18.1. The van der Waals surface area contributed by atoms with Crippen molar-refractivity contribution < 1.29 is 4.79 Å². The summed E-state index contributed by atoms with van der Waals surface area (Å²) in [5.74, 6) is -0.431. The summed E-state index contributed by atoms with van der Waals surface area (Å²) in [4.78, 5) is 29.9. The summed E-state index contributed by atoms with van der Waals surface area (Å²) in [6.45, 7) is 6.40. The zero-order valence-corrected chi connectivity index (χ0v) is 15.8. The first-order chi connectivity index (χ1) is 11.9. The van der Waals surface area contributed by atoms with E-state index in [0.717, 1.165) is 15.7 Å². The normalized spacial score (nSPS) is 10.9. The van der Waals surface area contributed by atoms with Gasteiger partial charge in [-0.3, -0.25) is 9.59 Å². The fraction of sp³-hybridized carbons (Fsp3) is 0.211. The van der Waals surface area contributed by atoms with E-state index in [9.17, 15) is 9.59 Å². The van der Waals surface area contributed by atoms with Gasteiger partial charge in [-0.1, -0.05) is 6.07 Å². The number of aryl methyl sites for hydroxylation is 3. The van der Waals surface area contributed by atoms with Gasteiger partial charge in [0.2, 0.25) is 5.43 Å². The maximum Gasteiger partial charge on any atom is 0.261 e. The van der Waals surface area contributed by atoms with Gasteiger partial charge in [0.05, 0.1) is 11.1 Å². The van der Waals surface area contributed by atoms with Gasteiger partial charge in [0.15, 0.2) is 0 Å². The smallest absolute Gasteiger partial charge is 0.261 e. The third-order valence-corrected chi connectivity index (χ3v) is 4.67. The molecule has 0 aliphatic heterocycles. The van der Waals surface area contributed by atoms with Crippen molar-refractivity contribution in [3.63, 3.8) is 0 Å². The van der Waals surface area contributed by atoms with Crippen molar-refractivity contribution in [1.29, 1.82) is 0 Å². The van der Waals surface area contributed by atoms with Gasteiger partial charge in [0.1, 0.15) is 11.2 Å².